The highest BCUT2D eigenvalue weighted by atomic mass is 79.9. The number of nitrogens with two attached hydrogens (primary N) is 1. The Morgan fingerprint density at radius 2 is 2.42 bits per heavy atom. The van der Waals surface area contributed by atoms with E-state index in [1.54, 1.807) is 0 Å². The van der Waals surface area contributed by atoms with Crippen LogP contribution in [0.25, 0.3) is 0 Å². The van der Waals surface area contributed by atoms with E-state index in [1.807, 2.05) is 30.0 Å². The van der Waals surface area contributed by atoms with Crippen molar-refractivity contribution in [3.63, 3.8) is 0 Å². The first-order chi connectivity index (χ1) is 9.13. The van der Waals surface area contributed by atoms with Crippen molar-refractivity contribution in [2.24, 2.45) is 0 Å². The summed E-state index contributed by atoms with van der Waals surface area (Å²) in [5, 5.41) is 2.84. The van der Waals surface area contributed by atoms with Crippen molar-refractivity contribution in [1.82, 2.24) is 5.32 Å². The van der Waals surface area contributed by atoms with Gasteiger partial charge in [-0.1, -0.05) is 15.9 Å². The maximum atomic E-state index is 12.1. The molecule has 0 radical (unpaired) electrons. The second kappa shape index (κ2) is 6.25. The average molecular weight is 328 g/mol. The van der Waals surface area contributed by atoms with Crippen molar-refractivity contribution < 1.29 is 9.53 Å². The number of rotatable bonds is 3. The highest BCUT2D eigenvalue weighted by Crippen LogP contribution is 2.29. The van der Waals surface area contributed by atoms with Crippen LogP contribution in [-0.2, 0) is 9.53 Å². The molecule has 1 heterocycles. The van der Waals surface area contributed by atoms with E-state index in [0.29, 0.717) is 32.0 Å². The Bertz CT molecular complexity index is 467. The molecule has 1 aliphatic heterocycles. The Labute approximate surface area is 121 Å². The monoisotopic (exact) mass is 327 g/mol. The van der Waals surface area contributed by atoms with E-state index in [4.69, 9.17) is 10.5 Å². The third kappa shape index (κ3) is 3.19. The third-order valence-electron chi connectivity index (χ3n) is 3.08. The van der Waals surface area contributed by atoms with Gasteiger partial charge in [-0.25, -0.2) is 0 Å². The molecule has 0 spiro atoms. The summed E-state index contributed by atoms with van der Waals surface area (Å²) in [4.78, 5) is 14.1. The lowest BCUT2D eigenvalue weighted by atomic mass is 10.1. The number of nitrogens with one attached hydrogen (secondary N) is 1. The number of benzene rings is 1. The Morgan fingerprint density at radius 1 is 1.63 bits per heavy atom. The summed E-state index contributed by atoms with van der Waals surface area (Å²) in [7, 11) is 0. The molecule has 104 valence electrons. The predicted octanol–water partition coefficient (Wildman–Crippen LogP) is 1.37. The first-order valence-electron chi connectivity index (χ1n) is 6.30. The average Bonchev–Trinajstić information content (AvgIpc) is 2.42. The second-order valence-corrected chi connectivity index (χ2v) is 5.30. The number of nitrogens with zero attached hydrogens (tertiary/aromatic N) is 1. The Hall–Kier alpha value is -1.27. The standard InChI is InChI=1S/C13H18BrN3O2/c1-2-16-13(18)12-8-19-6-5-17(12)11-7-9(14)3-4-10(11)15/h3-4,7,12H,2,5-6,8,15H2,1H3,(H,16,18). The van der Waals surface area contributed by atoms with E-state index in [9.17, 15) is 4.79 Å². The van der Waals surface area contributed by atoms with Gasteiger partial charge in [-0.3, -0.25) is 4.79 Å². The fourth-order valence-corrected chi connectivity index (χ4v) is 2.52. The summed E-state index contributed by atoms with van der Waals surface area (Å²) in [5.74, 6) is -0.0263. The molecule has 19 heavy (non-hydrogen) atoms. The number of hydrogen-bond acceptors (Lipinski definition) is 4. The topological polar surface area (TPSA) is 67.6 Å². The highest BCUT2D eigenvalue weighted by Gasteiger charge is 2.30. The maximum Gasteiger partial charge on any atom is 0.245 e. The van der Waals surface area contributed by atoms with Crippen molar-refractivity contribution in [3.8, 4) is 0 Å². The SMILES string of the molecule is CCNC(=O)C1COCCN1c1cc(Br)ccc1N. The van der Waals surface area contributed by atoms with Crippen LogP contribution in [0.4, 0.5) is 11.4 Å². The summed E-state index contributed by atoms with van der Waals surface area (Å²) in [5.41, 5.74) is 7.56. The van der Waals surface area contributed by atoms with E-state index >= 15 is 0 Å². The normalized spacial score (nSPS) is 19.3. The zero-order valence-corrected chi connectivity index (χ0v) is 12.4. The molecule has 5 nitrogen and oxygen atoms in total. The van der Waals surface area contributed by atoms with E-state index in [0.717, 1.165) is 10.2 Å². The van der Waals surface area contributed by atoms with Gasteiger partial charge >= 0.3 is 0 Å². The molecule has 1 aliphatic rings. The number of hydrogen-bond donors (Lipinski definition) is 2. The zero-order chi connectivity index (χ0) is 13.8. The number of carbonyl (C=O) groups excluding carboxylic acids is 1. The summed E-state index contributed by atoms with van der Waals surface area (Å²) >= 11 is 3.44. The van der Waals surface area contributed by atoms with Gasteiger partial charge < -0.3 is 20.7 Å². The minimum absolute atomic E-state index is 0.0263. The molecule has 1 amide bonds. The van der Waals surface area contributed by atoms with Gasteiger partial charge in [-0.05, 0) is 25.1 Å². The van der Waals surface area contributed by atoms with E-state index in [1.165, 1.54) is 0 Å². The third-order valence-corrected chi connectivity index (χ3v) is 3.58. The van der Waals surface area contributed by atoms with Gasteiger partial charge in [0.2, 0.25) is 5.91 Å². The number of morpholine rings is 1. The Morgan fingerprint density at radius 3 is 3.16 bits per heavy atom. The fraction of sp³-hybridized carbons (Fsp3) is 0.462. The van der Waals surface area contributed by atoms with Crippen molar-refractivity contribution in [2.45, 2.75) is 13.0 Å². The minimum atomic E-state index is -0.328. The summed E-state index contributed by atoms with van der Waals surface area (Å²) in [6, 6.07) is 5.34. The lowest BCUT2D eigenvalue weighted by Crippen LogP contribution is -2.54. The molecular formula is C13H18BrN3O2. The number of ether oxygens (including phenoxy) is 1. The lowest BCUT2D eigenvalue weighted by Gasteiger charge is -2.37. The van der Waals surface area contributed by atoms with Crippen LogP contribution in [0.1, 0.15) is 6.92 Å². The molecule has 0 bridgehead atoms. The van der Waals surface area contributed by atoms with E-state index in [-0.39, 0.29) is 11.9 Å². The molecular weight excluding hydrogens is 310 g/mol. The van der Waals surface area contributed by atoms with Gasteiger partial charge in [-0.2, -0.15) is 0 Å². The number of anilines is 2. The zero-order valence-electron chi connectivity index (χ0n) is 10.9. The van der Waals surface area contributed by atoms with Gasteiger partial charge in [0.25, 0.3) is 0 Å². The van der Waals surface area contributed by atoms with Gasteiger partial charge in [0, 0.05) is 17.6 Å². The van der Waals surface area contributed by atoms with Gasteiger partial charge in [0.05, 0.1) is 24.6 Å². The minimum Gasteiger partial charge on any atom is -0.397 e. The molecule has 1 unspecified atom stereocenters. The van der Waals surface area contributed by atoms with Crippen LogP contribution in [0.15, 0.2) is 22.7 Å². The van der Waals surface area contributed by atoms with Crippen LogP contribution < -0.4 is 16.0 Å². The number of amides is 1. The van der Waals surface area contributed by atoms with Crippen LogP contribution in [0.2, 0.25) is 0 Å². The molecule has 0 aliphatic carbocycles. The molecule has 3 N–H and O–H groups in total. The van der Waals surface area contributed by atoms with Crippen molar-refractivity contribution >= 4 is 33.2 Å². The van der Waals surface area contributed by atoms with Crippen LogP contribution in [-0.4, -0.2) is 38.3 Å². The number of halogens is 1. The summed E-state index contributed by atoms with van der Waals surface area (Å²) < 4.78 is 6.36. The van der Waals surface area contributed by atoms with Crippen LogP contribution in [0.3, 0.4) is 0 Å². The Kier molecular flexibility index (Phi) is 4.66. The number of nitrogen functional groups attached to an aromatic ring is 1. The fourth-order valence-electron chi connectivity index (χ4n) is 2.17. The Balaban J connectivity index is 2.28. The van der Waals surface area contributed by atoms with Crippen molar-refractivity contribution in [3.05, 3.63) is 22.7 Å². The molecule has 1 aromatic rings. The van der Waals surface area contributed by atoms with E-state index < -0.39 is 0 Å². The largest absolute Gasteiger partial charge is 0.397 e. The summed E-state index contributed by atoms with van der Waals surface area (Å²) in [6.45, 7) is 4.15. The first-order valence-corrected chi connectivity index (χ1v) is 7.10. The van der Waals surface area contributed by atoms with Crippen LogP contribution >= 0.6 is 15.9 Å². The first kappa shape index (κ1) is 14.1. The van der Waals surface area contributed by atoms with Crippen molar-refractivity contribution in [1.29, 1.82) is 0 Å². The van der Waals surface area contributed by atoms with E-state index in [2.05, 4.69) is 21.2 Å². The molecule has 0 saturated carbocycles. The smallest absolute Gasteiger partial charge is 0.245 e. The number of carbonyl (C=O) groups is 1. The molecule has 1 aromatic carbocycles. The van der Waals surface area contributed by atoms with Crippen LogP contribution in [0.5, 0.6) is 0 Å². The lowest BCUT2D eigenvalue weighted by molar-refractivity contribution is -0.124. The molecule has 1 saturated heterocycles. The summed E-state index contributed by atoms with van der Waals surface area (Å²) in [6.07, 6.45) is 0. The van der Waals surface area contributed by atoms with Gasteiger partial charge in [0.1, 0.15) is 6.04 Å². The molecule has 0 aromatic heterocycles. The second-order valence-electron chi connectivity index (χ2n) is 4.38. The van der Waals surface area contributed by atoms with Gasteiger partial charge in [0.15, 0.2) is 0 Å². The van der Waals surface area contributed by atoms with Gasteiger partial charge in [-0.15, -0.1) is 0 Å². The maximum absolute atomic E-state index is 12.1. The number of likely N-dealkylation sites (N-methyl/N-ethyl adjacent to an activating group) is 1. The molecule has 2 rings (SSSR count). The quantitative estimate of drug-likeness (QED) is 0.823. The highest BCUT2D eigenvalue weighted by molar-refractivity contribution is 9.10. The van der Waals surface area contributed by atoms with Crippen molar-refractivity contribution in [2.75, 3.05) is 36.9 Å². The predicted molar refractivity (Wildman–Crippen MR) is 79.2 cm³/mol. The molecule has 6 heteroatoms. The molecule has 1 atom stereocenters. The van der Waals surface area contributed by atoms with Crippen LogP contribution in [0, 0.1) is 0 Å². The molecule has 1 fully saturated rings.